The number of carbonyl (C=O) groups is 1. The summed E-state index contributed by atoms with van der Waals surface area (Å²) in [6.07, 6.45) is 0. The molecule has 0 unspecified atom stereocenters. The molecule has 1 spiro atoms. The van der Waals surface area contributed by atoms with Crippen LogP contribution < -0.4 is 5.32 Å². The molecule has 90 valence electrons. The second-order valence-electron chi connectivity index (χ2n) is 6.45. The Balaban J connectivity index is 2.32. The number of rotatable bonds is 0. The lowest BCUT2D eigenvalue weighted by molar-refractivity contribution is -0.119. The molecule has 1 aliphatic carbocycles. The molecule has 2 aliphatic rings. The molecule has 2 heteroatoms. The summed E-state index contributed by atoms with van der Waals surface area (Å²) in [7, 11) is 0. The Labute approximate surface area is 102 Å². The quantitative estimate of drug-likeness (QED) is 0.727. The maximum atomic E-state index is 12.5. The number of amides is 1. The fourth-order valence-electron chi connectivity index (χ4n) is 4.03. The fourth-order valence-corrected chi connectivity index (χ4v) is 4.03. The van der Waals surface area contributed by atoms with E-state index in [2.05, 4.69) is 58.1 Å². The molecule has 0 bridgehead atoms. The summed E-state index contributed by atoms with van der Waals surface area (Å²) in [6, 6.07) is 6.22. The highest BCUT2D eigenvalue weighted by Gasteiger charge is 2.83. The zero-order valence-corrected chi connectivity index (χ0v) is 11.1. The molecule has 0 atom stereocenters. The first kappa shape index (κ1) is 10.8. The molecular weight excluding hydrogens is 210 g/mol. The van der Waals surface area contributed by atoms with Crippen LogP contribution in [0, 0.1) is 17.8 Å². The van der Waals surface area contributed by atoms with Crippen LogP contribution in [0.2, 0.25) is 0 Å². The Morgan fingerprint density at radius 2 is 1.65 bits per heavy atom. The van der Waals surface area contributed by atoms with Gasteiger partial charge >= 0.3 is 0 Å². The molecule has 0 aromatic heterocycles. The second-order valence-corrected chi connectivity index (χ2v) is 6.45. The van der Waals surface area contributed by atoms with E-state index >= 15 is 0 Å². The van der Waals surface area contributed by atoms with Gasteiger partial charge in [-0.25, -0.2) is 0 Å². The number of para-hydroxylation sites is 1. The van der Waals surface area contributed by atoms with Gasteiger partial charge in [0.25, 0.3) is 0 Å². The molecular formula is C15H19NO. The molecule has 1 fully saturated rings. The van der Waals surface area contributed by atoms with Crippen molar-refractivity contribution in [2.24, 2.45) is 10.8 Å². The summed E-state index contributed by atoms with van der Waals surface area (Å²) in [5, 5.41) is 3.09. The number of hydrogen-bond donors (Lipinski definition) is 1. The van der Waals surface area contributed by atoms with Gasteiger partial charge in [0.15, 0.2) is 0 Å². The van der Waals surface area contributed by atoms with Crippen LogP contribution in [-0.4, -0.2) is 5.91 Å². The van der Waals surface area contributed by atoms with Gasteiger partial charge < -0.3 is 5.32 Å². The summed E-state index contributed by atoms with van der Waals surface area (Å²) in [5.74, 6) is 0.178. The third-order valence-electron chi connectivity index (χ3n) is 5.63. The van der Waals surface area contributed by atoms with Gasteiger partial charge in [-0.3, -0.25) is 4.79 Å². The maximum Gasteiger partial charge on any atom is 0.236 e. The minimum atomic E-state index is -0.332. The number of nitrogens with one attached hydrogen (secondary N) is 1. The molecule has 1 aromatic carbocycles. The van der Waals surface area contributed by atoms with E-state index in [1.165, 1.54) is 5.56 Å². The van der Waals surface area contributed by atoms with Crippen molar-refractivity contribution in [3.8, 4) is 0 Å². The van der Waals surface area contributed by atoms with Crippen molar-refractivity contribution in [2.75, 3.05) is 5.32 Å². The van der Waals surface area contributed by atoms with Crippen LogP contribution in [0.4, 0.5) is 5.69 Å². The van der Waals surface area contributed by atoms with Crippen LogP contribution in [0.25, 0.3) is 0 Å². The van der Waals surface area contributed by atoms with Crippen molar-refractivity contribution in [3.05, 3.63) is 29.3 Å². The predicted molar refractivity (Wildman–Crippen MR) is 69.0 cm³/mol. The number of hydrogen-bond acceptors (Lipinski definition) is 1. The van der Waals surface area contributed by atoms with Gasteiger partial charge in [0.05, 0.1) is 5.41 Å². The summed E-state index contributed by atoms with van der Waals surface area (Å²) in [6.45, 7) is 10.8. The molecule has 3 rings (SSSR count). The molecule has 1 amide bonds. The zero-order chi connectivity index (χ0) is 12.6. The molecule has 0 radical (unpaired) electrons. The van der Waals surface area contributed by atoms with E-state index in [1.54, 1.807) is 0 Å². The standard InChI is InChI=1S/C15H19NO/c1-9-7-6-8-10-11(9)16-12(17)15(10)13(2,3)14(15,4)5/h6-8H,1-5H3,(H,16,17). The van der Waals surface area contributed by atoms with Gasteiger partial charge in [-0.1, -0.05) is 45.9 Å². The molecule has 1 aromatic rings. The van der Waals surface area contributed by atoms with Crippen molar-refractivity contribution in [1.82, 2.24) is 0 Å². The van der Waals surface area contributed by atoms with Crippen LogP contribution in [0.15, 0.2) is 18.2 Å². The van der Waals surface area contributed by atoms with E-state index in [4.69, 9.17) is 0 Å². The average molecular weight is 229 g/mol. The van der Waals surface area contributed by atoms with E-state index in [-0.39, 0.29) is 22.2 Å². The normalized spacial score (nSPS) is 25.6. The van der Waals surface area contributed by atoms with Crippen LogP contribution >= 0.6 is 0 Å². The van der Waals surface area contributed by atoms with Crippen molar-refractivity contribution >= 4 is 11.6 Å². The van der Waals surface area contributed by atoms with E-state index in [0.717, 1.165) is 11.3 Å². The van der Waals surface area contributed by atoms with Gasteiger partial charge in [0.2, 0.25) is 5.91 Å². The molecule has 1 saturated carbocycles. The SMILES string of the molecule is Cc1cccc2c1NC(=O)C21C(C)(C)C1(C)C. The minimum absolute atomic E-state index is 0.0170. The summed E-state index contributed by atoms with van der Waals surface area (Å²) in [4.78, 5) is 12.5. The number of carbonyl (C=O) groups excluding carboxylic acids is 1. The first-order chi connectivity index (χ1) is 7.78. The lowest BCUT2D eigenvalue weighted by atomic mass is 9.87. The lowest BCUT2D eigenvalue weighted by Crippen LogP contribution is -2.26. The second kappa shape index (κ2) is 2.58. The van der Waals surface area contributed by atoms with Gasteiger partial charge in [0.1, 0.15) is 0 Å². The average Bonchev–Trinajstić information content (AvgIpc) is 2.52. The molecule has 17 heavy (non-hydrogen) atoms. The third kappa shape index (κ3) is 0.821. The molecule has 1 heterocycles. The van der Waals surface area contributed by atoms with Crippen molar-refractivity contribution in [2.45, 2.75) is 40.0 Å². The van der Waals surface area contributed by atoms with Gasteiger partial charge in [-0.15, -0.1) is 0 Å². The highest BCUT2D eigenvalue weighted by atomic mass is 16.2. The van der Waals surface area contributed by atoms with Crippen molar-refractivity contribution < 1.29 is 4.79 Å². The van der Waals surface area contributed by atoms with Gasteiger partial charge in [-0.05, 0) is 28.9 Å². The van der Waals surface area contributed by atoms with Crippen LogP contribution in [0.1, 0.15) is 38.8 Å². The maximum absolute atomic E-state index is 12.5. The Kier molecular flexibility index (Phi) is 1.64. The van der Waals surface area contributed by atoms with Gasteiger partial charge in [0, 0.05) is 5.69 Å². The smallest absolute Gasteiger partial charge is 0.236 e. The monoisotopic (exact) mass is 229 g/mol. The number of fused-ring (bicyclic) bond motifs is 2. The molecule has 1 aliphatic heterocycles. The number of benzene rings is 1. The molecule has 2 nitrogen and oxygen atoms in total. The van der Waals surface area contributed by atoms with E-state index < -0.39 is 0 Å². The van der Waals surface area contributed by atoms with E-state index in [0.29, 0.717) is 0 Å². The lowest BCUT2D eigenvalue weighted by Gasteiger charge is -2.12. The first-order valence-corrected chi connectivity index (χ1v) is 6.20. The predicted octanol–water partition coefficient (Wildman–Crippen LogP) is 3.25. The minimum Gasteiger partial charge on any atom is -0.325 e. The van der Waals surface area contributed by atoms with Crippen LogP contribution in [0.3, 0.4) is 0 Å². The highest BCUT2D eigenvalue weighted by Crippen LogP contribution is 2.80. The summed E-state index contributed by atoms with van der Waals surface area (Å²) in [5.41, 5.74) is 3.09. The molecule has 1 N–H and O–H groups in total. The Hall–Kier alpha value is -1.31. The Bertz CT molecular complexity index is 526. The van der Waals surface area contributed by atoms with Crippen LogP contribution in [0.5, 0.6) is 0 Å². The zero-order valence-electron chi connectivity index (χ0n) is 11.1. The Morgan fingerprint density at radius 3 is 2.18 bits per heavy atom. The topological polar surface area (TPSA) is 29.1 Å². The molecule has 0 saturated heterocycles. The summed E-state index contributed by atoms with van der Waals surface area (Å²) >= 11 is 0. The van der Waals surface area contributed by atoms with Crippen LogP contribution in [-0.2, 0) is 10.2 Å². The van der Waals surface area contributed by atoms with Crippen molar-refractivity contribution in [1.29, 1.82) is 0 Å². The van der Waals surface area contributed by atoms with Gasteiger partial charge in [-0.2, -0.15) is 0 Å². The highest BCUT2D eigenvalue weighted by molar-refractivity contribution is 6.11. The Morgan fingerprint density at radius 1 is 1.06 bits per heavy atom. The summed E-state index contributed by atoms with van der Waals surface area (Å²) < 4.78 is 0. The van der Waals surface area contributed by atoms with E-state index in [9.17, 15) is 4.79 Å². The third-order valence-corrected chi connectivity index (χ3v) is 5.63. The van der Waals surface area contributed by atoms with Crippen molar-refractivity contribution in [3.63, 3.8) is 0 Å². The fraction of sp³-hybridized carbons (Fsp3) is 0.533. The number of aryl methyl sites for hydroxylation is 1. The van der Waals surface area contributed by atoms with E-state index in [1.807, 2.05) is 0 Å². The largest absolute Gasteiger partial charge is 0.325 e. The number of anilines is 1. The first-order valence-electron chi connectivity index (χ1n) is 6.20.